The maximum absolute atomic E-state index is 12.6. The van der Waals surface area contributed by atoms with E-state index < -0.39 is 11.5 Å². The van der Waals surface area contributed by atoms with Gasteiger partial charge in [-0.05, 0) is 84.0 Å². The summed E-state index contributed by atoms with van der Waals surface area (Å²) in [4.78, 5) is 24.6. The molecule has 0 aliphatic heterocycles. The van der Waals surface area contributed by atoms with Gasteiger partial charge in [0.1, 0.15) is 11.7 Å². The van der Waals surface area contributed by atoms with E-state index in [4.69, 9.17) is 14.2 Å². The van der Waals surface area contributed by atoms with E-state index in [-0.39, 0.29) is 36.0 Å². The summed E-state index contributed by atoms with van der Waals surface area (Å²) < 4.78 is 17.1. The van der Waals surface area contributed by atoms with Gasteiger partial charge in [0.2, 0.25) is 0 Å². The van der Waals surface area contributed by atoms with Crippen molar-refractivity contribution in [1.82, 2.24) is 0 Å². The van der Waals surface area contributed by atoms with Gasteiger partial charge in [0.15, 0.2) is 0 Å². The Labute approximate surface area is 169 Å². The van der Waals surface area contributed by atoms with Crippen molar-refractivity contribution in [2.45, 2.75) is 97.4 Å². The maximum Gasteiger partial charge on any atom is 0.309 e. The van der Waals surface area contributed by atoms with Crippen LogP contribution in [0.1, 0.15) is 79.6 Å². The van der Waals surface area contributed by atoms with Crippen molar-refractivity contribution in [2.75, 3.05) is 7.11 Å². The van der Waals surface area contributed by atoms with E-state index in [0.29, 0.717) is 0 Å². The van der Waals surface area contributed by atoms with Gasteiger partial charge < -0.3 is 14.2 Å². The molecule has 4 fully saturated rings. The summed E-state index contributed by atoms with van der Waals surface area (Å²) in [6, 6.07) is 0. The zero-order chi connectivity index (χ0) is 20.7. The lowest BCUT2D eigenvalue weighted by atomic mass is 9.47. The molecule has 3 atom stereocenters. The smallest absolute Gasteiger partial charge is 0.309 e. The van der Waals surface area contributed by atoms with Crippen molar-refractivity contribution in [3.63, 3.8) is 0 Å². The number of hydrogen-bond acceptors (Lipinski definition) is 5. The molecule has 0 amide bonds. The highest BCUT2D eigenvalue weighted by Gasteiger charge is 2.56. The number of ether oxygens (including phenoxy) is 3. The first-order valence-corrected chi connectivity index (χ1v) is 11.0. The van der Waals surface area contributed by atoms with Crippen LogP contribution in [0.25, 0.3) is 0 Å². The van der Waals surface area contributed by atoms with Gasteiger partial charge in [-0.3, -0.25) is 9.59 Å². The van der Waals surface area contributed by atoms with Gasteiger partial charge in [0.05, 0.1) is 18.4 Å². The Balaban J connectivity index is 1.59. The molecule has 0 aromatic heterocycles. The minimum absolute atomic E-state index is 0.0395. The molecule has 4 rings (SSSR count). The molecule has 160 valence electrons. The lowest BCUT2D eigenvalue weighted by molar-refractivity contribution is -0.187. The molecular formula is C23H38O5. The Hall–Kier alpha value is -1.10. The second-order valence-corrected chi connectivity index (χ2v) is 10.8. The van der Waals surface area contributed by atoms with Crippen molar-refractivity contribution in [2.24, 2.45) is 29.1 Å². The van der Waals surface area contributed by atoms with E-state index in [1.54, 1.807) is 14.0 Å². The predicted octanol–water partition coefficient (Wildman–Crippen LogP) is 4.52. The first kappa shape index (κ1) is 21.6. The number of rotatable bonds is 7. The fraction of sp³-hybridized carbons (Fsp3) is 0.913. The van der Waals surface area contributed by atoms with Crippen molar-refractivity contribution in [1.29, 1.82) is 0 Å². The van der Waals surface area contributed by atoms with Gasteiger partial charge in [-0.2, -0.15) is 0 Å². The van der Waals surface area contributed by atoms with Crippen molar-refractivity contribution in [3.05, 3.63) is 0 Å². The van der Waals surface area contributed by atoms with E-state index in [1.807, 2.05) is 27.7 Å². The van der Waals surface area contributed by atoms with Crippen LogP contribution in [0, 0.1) is 29.1 Å². The van der Waals surface area contributed by atoms with Crippen LogP contribution in [0.4, 0.5) is 0 Å². The Morgan fingerprint density at radius 3 is 1.93 bits per heavy atom. The van der Waals surface area contributed by atoms with Crippen LogP contribution < -0.4 is 0 Å². The summed E-state index contributed by atoms with van der Waals surface area (Å²) in [5.41, 5.74) is -0.398. The molecular weight excluding hydrogens is 356 g/mol. The molecule has 4 aliphatic rings. The summed E-state index contributed by atoms with van der Waals surface area (Å²) in [5.74, 6) is 1.22. The second-order valence-electron chi connectivity index (χ2n) is 10.8. The van der Waals surface area contributed by atoms with Crippen LogP contribution in [-0.4, -0.2) is 36.9 Å². The van der Waals surface area contributed by atoms with Crippen LogP contribution in [0.5, 0.6) is 0 Å². The molecule has 4 saturated carbocycles. The summed E-state index contributed by atoms with van der Waals surface area (Å²) in [6.07, 6.45) is 7.38. The number of carbonyl (C=O) groups is 2. The molecule has 0 radical (unpaired) electrons. The quantitative estimate of drug-likeness (QED) is 0.594. The maximum atomic E-state index is 12.6. The average molecular weight is 395 g/mol. The number of esters is 2. The molecule has 28 heavy (non-hydrogen) atoms. The van der Waals surface area contributed by atoms with Gasteiger partial charge in [-0.25, -0.2) is 0 Å². The van der Waals surface area contributed by atoms with Gasteiger partial charge >= 0.3 is 11.9 Å². The lowest BCUT2D eigenvalue weighted by Crippen LogP contribution is -2.55. The molecule has 5 heteroatoms. The van der Waals surface area contributed by atoms with E-state index >= 15 is 0 Å². The first-order chi connectivity index (χ1) is 13.0. The Kier molecular flexibility index (Phi) is 6.15. The molecule has 0 heterocycles. The van der Waals surface area contributed by atoms with Gasteiger partial charge in [0.25, 0.3) is 0 Å². The van der Waals surface area contributed by atoms with Gasteiger partial charge in [0, 0.05) is 12.5 Å². The molecule has 0 N–H and O–H groups in total. The van der Waals surface area contributed by atoms with E-state index in [0.717, 1.165) is 17.8 Å². The predicted molar refractivity (Wildman–Crippen MR) is 107 cm³/mol. The number of carbonyl (C=O) groups excluding carboxylic acids is 2. The Morgan fingerprint density at radius 1 is 1.00 bits per heavy atom. The first-order valence-electron chi connectivity index (χ1n) is 11.0. The fourth-order valence-corrected chi connectivity index (χ4v) is 6.54. The molecule has 0 spiro atoms. The summed E-state index contributed by atoms with van der Waals surface area (Å²) in [7, 11) is 1.75. The third kappa shape index (κ3) is 4.72. The fourth-order valence-electron chi connectivity index (χ4n) is 6.54. The molecule has 0 unspecified atom stereocenters. The third-order valence-corrected chi connectivity index (χ3v) is 6.97. The summed E-state index contributed by atoms with van der Waals surface area (Å²) in [6.45, 7) is 9.15. The molecule has 4 bridgehead atoms. The van der Waals surface area contributed by atoms with Crippen molar-refractivity contribution >= 4 is 11.9 Å². The number of hydrogen-bond donors (Lipinski definition) is 0. The largest absolute Gasteiger partial charge is 0.460 e. The average Bonchev–Trinajstić information content (AvgIpc) is 2.51. The normalized spacial score (nSPS) is 34.6. The highest BCUT2D eigenvalue weighted by molar-refractivity contribution is 5.79. The zero-order valence-electron chi connectivity index (χ0n) is 18.5. The van der Waals surface area contributed by atoms with E-state index in [1.165, 1.54) is 38.5 Å². The highest BCUT2D eigenvalue weighted by Crippen LogP contribution is 2.62. The van der Waals surface area contributed by atoms with E-state index in [2.05, 4.69) is 0 Å². The SMILES string of the molecule is CO[C@@H]([C@H](C)OC(=O)[C@H](C)CC(=O)OC(C)(C)C)C12CC3CC(CC(C3)C1)C2. The molecule has 4 aliphatic carbocycles. The zero-order valence-corrected chi connectivity index (χ0v) is 18.5. The molecule has 0 saturated heterocycles. The van der Waals surface area contributed by atoms with E-state index in [9.17, 15) is 9.59 Å². The van der Waals surface area contributed by atoms with Crippen LogP contribution in [0.3, 0.4) is 0 Å². The van der Waals surface area contributed by atoms with Crippen LogP contribution in [0.15, 0.2) is 0 Å². The number of methoxy groups -OCH3 is 1. The summed E-state index contributed by atoms with van der Waals surface area (Å²) >= 11 is 0. The Bertz CT molecular complexity index is 555. The van der Waals surface area contributed by atoms with Gasteiger partial charge in [-0.1, -0.05) is 6.92 Å². The topological polar surface area (TPSA) is 61.8 Å². The minimum atomic E-state index is -0.548. The Morgan fingerprint density at radius 2 is 1.50 bits per heavy atom. The standard InChI is InChI=1S/C23H38O5/c1-14(7-19(24)28-22(3,4)5)21(25)27-15(2)20(26-6)23-11-16-8-17(12-23)10-18(9-16)13-23/h14-18,20H,7-13H2,1-6H3/t14-,15+,16?,17?,18?,20+,23?/m1/s1. The second kappa shape index (κ2) is 7.97. The van der Waals surface area contributed by atoms with Crippen LogP contribution in [-0.2, 0) is 23.8 Å². The molecule has 5 nitrogen and oxygen atoms in total. The van der Waals surface area contributed by atoms with Gasteiger partial charge in [-0.15, -0.1) is 0 Å². The third-order valence-electron chi connectivity index (χ3n) is 6.97. The molecule has 0 aromatic rings. The monoisotopic (exact) mass is 394 g/mol. The minimum Gasteiger partial charge on any atom is -0.460 e. The summed E-state index contributed by atoms with van der Waals surface area (Å²) in [5, 5.41) is 0. The van der Waals surface area contributed by atoms with Crippen molar-refractivity contribution < 1.29 is 23.8 Å². The molecule has 0 aromatic carbocycles. The van der Waals surface area contributed by atoms with Crippen LogP contribution in [0.2, 0.25) is 0 Å². The highest BCUT2D eigenvalue weighted by atomic mass is 16.6. The van der Waals surface area contributed by atoms with Crippen molar-refractivity contribution in [3.8, 4) is 0 Å². The van der Waals surface area contributed by atoms with Crippen LogP contribution >= 0.6 is 0 Å². The lowest BCUT2D eigenvalue weighted by Gasteiger charge is -2.59.